The lowest BCUT2D eigenvalue weighted by atomic mass is 9.87. The van der Waals surface area contributed by atoms with Crippen molar-refractivity contribution < 1.29 is 24.2 Å². The average Bonchev–Trinajstić information content (AvgIpc) is 2.82. The van der Waals surface area contributed by atoms with E-state index in [1.807, 2.05) is 55.5 Å². The molecular formula is C26H24ClNO5. The number of benzene rings is 3. The Hall–Kier alpha value is -3.51. The molecule has 4 rings (SSSR count). The monoisotopic (exact) mass is 465 g/mol. The van der Waals surface area contributed by atoms with Gasteiger partial charge in [-0.1, -0.05) is 53.6 Å². The molecule has 0 spiro atoms. The summed E-state index contributed by atoms with van der Waals surface area (Å²) in [4.78, 5) is 26.2. The minimum Gasteiger partial charge on any atom is -0.484 e. The predicted octanol–water partition coefficient (Wildman–Crippen LogP) is 4.66. The third kappa shape index (κ3) is 5.29. The number of ether oxygens (including phenoxy) is 2. The zero-order chi connectivity index (χ0) is 23.4. The molecule has 0 fully saturated rings. The van der Waals surface area contributed by atoms with Crippen molar-refractivity contribution in [2.24, 2.45) is 0 Å². The summed E-state index contributed by atoms with van der Waals surface area (Å²) >= 11 is 6.31. The van der Waals surface area contributed by atoms with Gasteiger partial charge in [-0.3, -0.25) is 4.79 Å². The molecule has 3 aromatic carbocycles. The zero-order valence-electron chi connectivity index (χ0n) is 18.2. The van der Waals surface area contributed by atoms with Gasteiger partial charge in [0.2, 0.25) is 0 Å². The van der Waals surface area contributed by atoms with Crippen LogP contribution in [0.3, 0.4) is 0 Å². The van der Waals surface area contributed by atoms with E-state index in [-0.39, 0.29) is 12.5 Å². The normalized spacial score (nSPS) is 15.0. The molecule has 1 aliphatic rings. The maximum absolute atomic E-state index is 13.3. The molecule has 33 heavy (non-hydrogen) atoms. The molecule has 0 saturated heterocycles. The number of rotatable bonds is 7. The molecule has 1 atom stereocenters. The second-order valence-corrected chi connectivity index (χ2v) is 8.34. The molecular weight excluding hydrogens is 442 g/mol. The van der Waals surface area contributed by atoms with Crippen LogP contribution in [0, 0.1) is 6.92 Å². The molecule has 1 aliphatic heterocycles. The topological polar surface area (TPSA) is 76.1 Å². The maximum Gasteiger partial charge on any atom is 0.341 e. The Morgan fingerprint density at radius 2 is 1.76 bits per heavy atom. The third-order valence-corrected chi connectivity index (χ3v) is 5.84. The highest BCUT2D eigenvalue weighted by Crippen LogP contribution is 2.40. The highest BCUT2D eigenvalue weighted by Gasteiger charge is 2.34. The van der Waals surface area contributed by atoms with Crippen LogP contribution in [-0.2, 0) is 16.0 Å². The number of amides is 1. The van der Waals surface area contributed by atoms with E-state index in [2.05, 4.69) is 0 Å². The first-order chi connectivity index (χ1) is 15.9. The smallest absolute Gasteiger partial charge is 0.341 e. The van der Waals surface area contributed by atoms with Crippen LogP contribution in [0.1, 0.15) is 28.3 Å². The van der Waals surface area contributed by atoms with E-state index in [1.54, 1.807) is 23.1 Å². The fraction of sp³-hybridized carbons (Fsp3) is 0.231. The van der Waals surface area contributed by atoms with E-state index in [4.69, 9.17) is 26.2 Å². The van der Waals surface area contributed by atoms with Crippen LogP contribution in [-0.4, -0.2) is 41.6 Å². The van der Waals surface area contributed by atoms with Gasteiger partial charge in [-0.25, -0.2) is 4.79 Å². The van der Waals surface area contributed by atoms with Crippen molar-refractivity contribution >= 4 is 23.5 Å². The van der Waals surface area contributed by atoms with E-state index in [1.165, 1.54) is 0 Å². The fourth-order valence-corrected chi connectivity index (χ4v) is 4.22. The van der Waals surface area contributed by atoms with Gasteiger partial charge in [0.05, 0.1) is 6.04 Å². The van der Waals surface area contributed by atoms with Gasteiger partial charge >= 0.3 is 5.97 Å². The molecule has 3 aromatic rings. The van der Waals surface area contributed by atoms with Gasteiger partial charge in [0.15, 0.2) is 13.2 Å². The van der Waals surface area contributed by atoms with Crippen molar-refractivity contribution in [1.29, 1.82) is 0 Å². The summed E-state index contributed by atoms with van der Waals surface area (Å²) in [6.45, 7) is 1.86. The first kappa shape index (κ1) is 22.7. The van der Waals surface area contributed by atoms with Crippen LogP contribution in [0.15, 0.2) is 66.7 Å². The third-order valence-electron chi connectivity index (χ3n) is 5.60. The minimum absolute atomic E-state index is 0.117. The summed E-state index contributed by atoms with van der Waals surface area (Å²) in [6.07, 6.45) is 0.703. The van der Waals surface area contributed by atoms with Crippen molar-refractivity contribution in [2.75, 3.05) is 19.8 Å². The Kier molecular flexibility index (Phi) is 6.84. The molecule has 0 aliphatic carbocycles. The molecule has 1 amide bonds. The quantitative estimate of drug-likeness (QED) is 0.549. The number of aliphatic carboxylic acids is 1. The predicted molar refractivity (Wildman–Crippen MR) is 125 cm³/mol. The van der Waals surface area contributed by atoms with Gasteiger partial charge in [-0.15, -0.1) is 0 Å². The molecule has 0 aromatic heterocycles. The molecule has 1 unspecified atom stereocenters. The van der Waals surface area contributed by atoms with E-state index in [0.29, 0.717) is 35.1 Å². The number of halogens is 1. The number of carbonyl (C=O) groups is 2. The second kappa shape index (κ2) is 9.96. The SMILES string of the molecule is Cc1ccc(OCC(=O)N2CCc3ccccc3C2c2cc(Cl)ccc2OCC(=O)O)cc1. The summed E-state index contributed by atoms with van der Waals surface area (Å²) < 4.78 is 11.3. The molecule has 1 N–H and O–H groups in total. The lowest BCUT2D eigenvalue weighted by Gasteiger charge is -2.38. The van der Waals surface area contributed by atoms with Crippen LogP contribution >= 0.6 is 11.6 Å². The molecule has 0 saturated carbocycles. The van der Waals surface area contributed by atoms with E-state index >= 15 is 0 Å². The van der Waals surface area contributed by atoms with Gasteiger partial charge in [0.1, 0.15) is 11.5 Å². The number of aryl methyl sites for hydroxylation is 1. The van der Waals surface area contributed by atoms with Gasteiger partial charge in [0.25, 0.3) is 5.91 Å². The van der Waals surface area contributed by atoms with Gasteiger partial charge in [-0.05, 0) is 54.8 Å². The van der Waals surface area contributed by atoms with Crippen molar-refractivity contribution in [3.63, 3.8) is 0 Å². The Morgan fingerprint density at radius 3 is 2.52 bits per heavy atom. The first-order valence-corrected chi connectivity index (χ1v) is 11.0. The van der Waals surface area contributed by atoms with Gasteiger partial charge < -0.3 is 19.5 Å². The molecule has 7 heteroatoms. The van der Waals surface area contributed by atoms with Crippen molar-refractivity contribution in [2.45, 2.75) is 19.4 Å². The van der Waals surface area contributed by atoms with Crippen molar-refractivity contribution in [1.82, 2.24) is 4.90 Å². The Balaban J connectivity index is 1.67. The largest absolute Gasteiger partial charge is 0.484 e. The summed E-state index contributed by atoms with van der Waals surface area (Å²) in [5, 5.41) is 9.56. The van der Waals surface area contributed by atoms with Crippen molar-refractivity contribution in [3.8, 4) is 11.5 Å². The number of carboxylic acid groups (broad SMARTS) is 1. The van der Waals surface area contributed by atoms with E-state index in [0.717, 1.165) is 16.7 Å². The van der Waals surface area contributed by atoms with Gasteiger partial charge in [-0.2, -0.15) is 0 Å². The summed E-state index contributed by atoms with van der Waals surface area (Å²) in [6, 6.07) is 20.0. The zero-order valence-corrected chi connectivity index (χ0v) is 18.9. The number of hydrogen-bond donors (Lipinski definition) is 1. The molecule has 0 bridgehead atoms. The van der Waals surface area contributed by atoms with E-state index < -0.39 is 18.6 Å². The molecule has 1 heterocycles. The van der Waals surface area contributed by atoms with Crippen LogP contribution < -0.4 is 9.47 Å². The standard InChI is InChI=1S/C26H24ClNO5/c1-17-6-9-20(10-7-17)32-15-24(29)28-13-12-18-4-2-3-5-21(18)26(28)22-14-19(27)8-11-23(22)33-16-25(30)31/h2-11,14,26H,12-13,15-16H2,1H3,(H,30,31). The van der Waals surface area contributed by atoms with Crippen LogP contribution in [0.2, 0.25) is 5.02 Å². The lowest BCUT2D eigenvalue weighted by Crippen LogP contribution is -2.43. The number of fused-ring (bicyclic) bond motifs is 1. The molecule has 0 radical (unpaired) electrons. The fourth-order valence-electron chi connectivity index (χ4n) is 4.04. The van der Waals surface area contributed by atoms with Crippen LogP contribution in [0.25, 0.3) is 0 Å². The molecule has 170 valence electrons. The maximum atomic E-state index is 13.3. The Labute approximate surface area is 197 Å². The number of carbonyl (C=O) groups excluding carboxylic acids is 1. The minimum atomic E-state index is -1.08. The summed E-state index contributed by atoms with van der Waals surface area (Å²) in [5.74, 6) is -0.268. The Morgan fingerprint density at radius 1 is 1.00 bits per heavy atom. The summed E-state index contributed by atoms with van der Waals surface area (Å²) in [5.41, 5.74) is 3.82. The molecule has 6 nitrogen and oxygen atoms in total. The van der Waals surface area contributed by atoms with Crippen LogP contribution in [0.5, 0.6) is 11.5 Å². The summed E-state index contributed by atoms with van der Waals surface area (Å²) in [7, 11) is 0. The lowest BCUT2D eigenvalue weighted by molar-refractivity contribution is -0.139. The number of hydrogen-bond acceptors (Lipinski definition) is 4. The van der Waals surface area contributed by atoms with Gasteiger partial charge in [0, 0.05) is 17.1 Å². The Bertz CT molecular complexity index is 1160. The van der Waals surface area contributed by atoms with Crippen LogP contribution in [0.4, 0.5) is 0 Å². The highest BCUT2D eigenvalue weighted by molar-refractivity contribution is 6.30. The number of nitrogens with zero attached hydrogens (tertiary/aromatic N) is 1. The first-order valence-electron chi connectivity index (χ1n) is 10.6. The van der Waals surface area contributed by atoms with E-state index in [9.17, 15) is 9.59 Å². The average molecular weight is 466 g/mol. The second-order valence-electron chi connectivity index (χ2n) is 7.90. The van der Waals surface area contributed by atoms with Crippen molar-refractivity contribution in [3.05, 3.63) is 94.0 Å². The highest BCUT2D eigenvalue weighted by atomic mass is 35.5. The number of carboxylic acids is 1.